The van der Waals surface area contributed by atoms with E-state index >= 15 is 0 Å². The van der Waals surface area contributed by atoms with Crippen molar-refractivity contribution in [3.8, 4) is 0 Å². The minimum Gasteiger partial charge on any atom is -0.462 e. The van der Waals surface area contributed by atoms with Crippen LogP contribution < -0.4 is 0 Å². The van der Waals surface area contributed by atoms with Crippen LogP contribution in [0.3, 0.4) is 0 Å². The molecule has 6 heteroatoms. The van der Waals surface area contributed by atoms with Crippen LogP contribution in [-0.4, -0.2) is 37.2 Å². The van der Waals surface area contributed by atoms with Gasteiger partial charge in [-0.3, -0.25) is 14.4 Å². The fraction of sp³-hybridized carbons (Fsp3) is 0.468. The van der Waals surface area contributed by atoms with E-state index in [9.17, 15) is 14.4 Å². The molecule has 0 aromatic rings. The Labute approximate surface area is 507 Å². The first kappa shape index (κ1) is 76.5. The van der Waals surface area contributed by atoms with Gasteiger partial charge >= 0.3 is 17.9 Å². The Hall–Kier alpha value is -6.53. The summed E-state index contributed by atoms with van der Waals surface area (Å²) in [6.45, 7) is 6.13. The number of allylic oxidation sites excluding steroid dienone is 38. The molecule has 0 aromatic heterocycles. The number of esters is 3. The van der Waals surface area contributed by atoms with Gasteiger partial charge in [-0.1, -0.05) is 271 Å². The summed E-state index contributed by atoms with van der Waals surface area (Å²) in [5, 5.41) is 0. The van der Waals surface area contributed by atoms with E-state index < -0.39 is 18.0 Å². The molecule has 0 aliphatic heterocycles. The Morgan fingerprint density at radius 1 is 0.241 bits per heavy atom. The fourth-order valence-electron chi connectivity index (χ4n) is 7.53. The third kappa shape index (κ3) is 66.2. The Bertz CT molecular complexity index is 2130. The standard InChI is InChI=1S/C77H112O6/c1-4-7-10-13-16-19-22-25-28-31-34-35-36-37-38-39-40-41-44-46-49-52-55-58-61-64-67-70-76(79)82-73-74(83-77(80)71-68-65-62-59-56-53-50-47-43-33-30-27-24-21-18-15-12-9-6-3)72-81-75(78)69-66-63-60-57-54-51-48-45-42-32-29-26-23-20-17-14-11-8-5-2/h7-12,16-21,25-30,34-35,37-38,40-43,45-47,49,51,53-54,56,60,62-63,65,74H,4-6,13-15,22-24,31-33,36,39,44,48,50,52,55,57-59,61,64,66-73H2,1-3H3/b10-7-,11-8-,12-9-,19-16-,20-17-,21-18-,28-25-,29-26-,30-27-,35-34-,38-37-,41-40-,45-42-,47-43-,49-46-,54-51-,56-53-,63-60-,65-62-. The van der Waals surface area contributed by atoms with Crippen LogP contribution >= 0.6 is 0 Å². The number of ether oxygens (including phenoxy) is 3. The molecule has 0 aliphatic rings. The van der Waals surface area contributed by atoms with Crippen molar-refractivity contribution in [2.24, 2.45) is 0 Å². The molecule has 0 amide bonds. The van der Waals surface area contributed by atoms with Crippen molar-refractivity contribution in [3.63, 3.8) is 0 Å². The Balaban J connectivity index is 4.66. The van der Waals surface area contributed by atoms with Crippen molar-refractivity contribution in [1.82, 2.24) is 0 Å². The Morgan fingerprint density at radius 2 is 0.458 bits per heavy atom. The van der Waals surface area contributed by atoms with Crippen molar-refractivity contribution in [2.45, 2.75) is 219 Å². The van der Waals surface area contributed by atoms with E-state index in [0.717, 1.165) is 161 Å². The first-order valence-corrected chi connectivity index (χ1v) is 31.9. The van der Waals surface area contributed by atoms with E-state index in [4.69, 9.17) is 14.2 Å². The maximum Gasteiger partial charge on any atom is 0.306 e. The van der Waals surface area contributed by atoms with E-state index in [1.165, 1.54) is 0 Å². The molecule has 0 N–H and O–H groups in total. The first-order valence-electron chi connectivity index (χ1n) is 31.9. The SMILES string of the molecule is CC/C=C\C/C=C\C/C=C\C/C=C\C/C=C\C/C=C\C/C=C\CCCCCCCC(=O)OCC(COC(=O)CC/C=C\C/C=C\C/C=C\C/C=C\C/C=C\C/C=C\CC)OC(=O)CC/C=C\C/C=C\C/C=C\C/C=C\C/C=C\C/C=C\CC. The fourth-order valence-corrected chi connectivity index (χ4v) is 7.53. The van der Waals surface area contributed by atoms with Gasteiger partial charge < -0.3 is 14.2 Å². The molecule has 0 spiro atoms. The molecular formula is C77H112O6. The molecule has 0 aliphatic carbocycles. The van der Waals surface area contributed by atoms with E-state index in [0.29, 0.717) is 19.3 Å². The number of carbonyl (C=O) groups excluding carboxylic acids is 3. The van der Waals surface area contributed by atoms with Crippen molar-refractivity contribution in [1.29, 1.82) is 0 Å². The zero-order valence-corrected chi connectivity index (χ0v) is 52.1. The highest BCUT2D eigenvalue weighted by molar-refractivity contribution is 5.71. The van der Waals surface area contributed by atoms with Gasteiger partial charge in [-0.25, -0.2) is 0 Å². The molecule has 456 valence electrons. The lowest BCUT2D eigenvalue weighted by Crippen LogP contribution is -2.30. The van der Waals surface area contributed by atoms with Crippen LogP contribution in [0.15, 0.2) is 231 Å². The minimum absolute atomic E-state index is 0.157. The average molecular weight is 1130 g/mol. The molecular weight excluding hydrogens is 1020 g/mol. The molecule has 0 rings (SSSR count). The molecule has 1 atom stereocenters. The van der Waals surface area contributed by atoms with Gasteiger partial charge in [0, 0.05) is 19.3 Å². The number of carbonyl (C=O) groups is 3. The van der Waals surface area contributed by atoms with Crippen molar-refractivity contribution in [3.05, 3.63) is 231 Å². The molecule has 83 heavy (non-hydrogen) atoms. The second-order valence-electron chi connectivity index (χ2n) is 19.8. The van der Waals surface area contributed by atoms with Gasteiger partial charge in [0.25, 0.3) is 0 Å². The predicted molar refractivity (Wildman–Crippen MR) is 361 cm³/mol. The highest BCUT2D eigenvalue weighted by atomic mass is 16.6. The third-order valence-corrected chi connectivity index (χ3v) is 12.2. The number of unbranched alkanes of at least 4 members (excludes halogenated alkanes) is 5. The molecule has 0 aromatic carbocycles. The molecule has 6 nitrogen and oxygen atoms in total. The quantitative estimate of drug-likeness (QED) is 0.0261. The number of hydrogen-bond acceptors (Lipinski definition) is 6. The van der Waals surface area contributed by atoms with Crippen molar-refractivity contribution >= 4 is 17.9 Å². The van der Waals surface area contributed by atoms with E-state index in [1.54, 1.807) is 0 Å². The second-order valence-corrected chi connectivity index (χ2v) is 19.8. The summed E-state index contributed by atoms with van der Waals surface area (Å²) in [5.74, 6) is -1.16. The normalized spacial score (nSPS) is 13.7. The molecule has 0 heterocycles. The number of rotatable bonds is 54. The van der Waals surface area contributed by atoms with Gasteiger partial charge in [-0.05, 0) is 154 Å². The van der Waals surface area contributed by atoms with E-state index in [1.807, 2.05) is 24.3 Å². The lowest BCUT2D eigenvalue weighted by atomic mass is 10.1. The highest BCUT2D eigenvalue weighted by Gasteiger charge is 2.19. The molecule has 1 unspecified atom stereocenters. The molecule has 0 saturated carbocycles. The summed E-state index contributed by atoms with van der Waals surface area (Å²) in [5.41, 5.74) is 0. The summed E-state index contributed by atoms with van der Waals surface area (Å²) in [4.78, 5) is 38.3. The maximum atomic E-state index is 12.9. The Kier molecular flexibility index (Phi) is 62.6. The predicted octanol–water partition coefficient (Wildman–Crippen LogP) is 22.3. The average Bonchev–Trinajstić information content (AvgIpc) is 3.50. The summed E-state index contributed by atoms with van der Waals surface area (Å²) >= 11 is 0. The van der Waals surface area contributed by atoms with Crippen molar-refractivity contribution in [2.75, 3.05) is 13.2 Å². The minimum atomic E-state index is -0.876. The van der Waals surface area contributed by atoms with Crippen LogP contribution in [0.2, 0.25) is 0 Å². The summed E-state index contributed by atoms with van der Waals surface area (Å²) in [6, 6.07) is 0. The monoisotopic (exact) mass is 1130 g/mol. The molecule has 0 bridgehead atoms. The number of hydrogen-bond donors (Lipinski definition) is 0. The van der Waals surface area contributed by atoms with E-state index in [-0.39, 0.29) is 32.0 Å². The van der Waals surface area contributed by atoms with Crippen molar-refractivity contribution < 1.29 is 28.6 Å². The summed E-state index contributed by atoms with van der Waals surface area (Å²) < 4.78 is 16.7. The van der Waals surface area contributed by atoms with Crippen LogP contribution in [0.5, 0.6) is 0 Å². The topological polar surface area (TPSA) is 78.9 Å². The lowest BCUT2D eigenvalue weighted by Gasteiger charge is -2.18. The van der Waals surface area contributed by atoms with Crippen LogP contribution in [0.25, 0.3) is 0 Å². The highest BCUT2D eigenvalue weighted by Crippen LogP contribution is 2.11. The van der Waals surface area contributed by atoms with Gasteiger partial charge in [0.05, 0.1) is 0 Å². The lowest BCUT2D eigenvalue weighted by molar-refractivity contribution is -0.166. The maximum absolute atomic E-state index is 12.9. The smallest absolute Gasteiger partial charge is 0.306 e. The largest absolute Gasteiger partial charge is 0.462 e. The van der Waals surface area contributed by atoms with Crippen LogP contribution in [-0.2, 0) is 28.6 Å². The van der Waals surface area contributed by atoms with E-state index in [2.05, 4.69) is 227 Å². The first-order chi connectivity index (χ1) is 41.0. The molecule has 0 fully saturated rings. The summed E-state index contributed by atoms with van der Waals surface area (Å²) in [7, 11) is 0. The van der Waals surface area contributed by atoms with Gasteiger partial charge in [-0.15, -0.1) is 0 Å². The zero-order chi connectivity index (χ0) is 59.9. The zero-order valence-electron chi connectivity index (χ0n) is 52.1. The van der Waals surface area contributed by atoms with Crippen LogP contribution in [0, 0.1) is 0 Å². The summed E-state index contributed by atoms with van der Waals surface area (Å²) in [6.07, 6.45) is 108. The Morgan fingerprint density at radius 3 is 0.747 bits per heavy atom. The second kappa shape index (κ2) is 68.0. The molecule has 0 saturated heterocycles. The molecule has 0 radical (unpaired) electrons. The van der Waals surface area contributed by atoms with Gasteiger partial charge in [-0.2, -0.15) is 0 Å². The van der Waals surface area contributed by atoms with Crippen LogP contribution in [0.1, 0.15) is 213 Å². The van der Waals surface area contributed by atoms with Gasteiger partial charge in [0.2, 0.25) is 0 Å². The van der Waals surface area contributed by atoms with Gasteiger partial charge in [0.15, 0.2) is 6.10 Å². The van der Waals surface area contributed by atoms with Gasteiger partial charge in [0.1, 0.15) is 13.2 Å². The third-order valence-electron chi connectivity index (χ3n) is 12.2. The van der Waals surface area contributed by atoms with Crippen LogP contribution in [0.4, 0.5) is 0 Å².